The van der Waals surface area contributed by atoms with Crippen molar-refractivity contribution in [2.75, 3.05) is 23.3 Å². The molecule has 33 heavy (non-hydrogen) atoms. The first-order chi connectivity index (χ1) is 16.1. The van der Waals surface area contributed by atoms with E-state index in [-0.39, 0.29) is 11.7 Å². The second-order valence-corrected chi connectivity index (χ2v) is 8.17. The minimum absolute atomic E-state index is 0.319. The monoisotopic (exact) mass is 442 g/mol. The third-order valence-electron chi connectivity index (χ3n) is 5.74. The molecule has 1 amide bonds. The minimum Gasteiger partial charge on any atom is -0.416 e. The number of aryl methyl sites for hydroxylation is 1. The molecule has 5 rings (SSSR count). The molecule has 1 aromatic heterocycles. The molecule has 166 valence electrons. The molecule has 4 aromatic rings. The number of carbonyl (C=O) groups is 1. The lowest BCUT2D eigenvalue weighted by Gasteiger charge is -2.18. The van der Waals surface area contributed by atoms with Crippen LogP contribution in [0.2, 0.25) is 0 Å². The molecule has 6 nitrogen and oxygen atoms in total. The van der Waals surface area contributed by atoms with Crippen molar-refractivity contribution in [3.05, 3.63) is 83.7 Å². The quantitative estimate of drug-likeness (QED) is 0.429. The number of hydrogen-bond donors (Lipinski definition) is 1. The van der Waals surface area contributed by atoms with Crippen LogP contribution < -0.4 is 10.2 Å². The summed E-state index contributed by atoms with van der Waals surface area (Å²) in [6, 6.07) is 19.5. The fourth-order valence-corrected chi connectivity index (χ4v) is 4.00. The number of rotatable bonds is 5. The van der Waals surface area contributed by atoms with Crippen LogP contribution in [0.3, 0.4) is 0 Å². The van der Waals surface area contributed by atoms with Gasteiger partial charge in [0.05, 0.1) is 5.69 Å². The zero-order valence-corrected chi connectivity index (χ0v) is 18.2. The molecule has 0 atom stereocenters. The van der Waals surface area contributed by atoms with E-state index in [1.165, 1.54) is 6.07 Å². The van der Waals surface area contributed by atoms with Gasteiger partial charge in [-0.25, -0.2) is 4.39 Å². The largest absolute Gasteiger partial charge is 0.416 e. The molecular weight excluding hydrogens is 419 g/mol. The molecule has 0 radical (unpaired) electrons. The summed E-state index contributed by atoms with van der Waals surface area (Å²) in [4.78, 5) is 14.7. The number of benzene rings is 3. The van der Waals surface area contributed by atoms with Crippen LogP contribution in [0.4, 0.5) is 15.8 Å². The smallest absolute Gasteiger partial charge is 0.255 e. The van der Waals surface area contributed by atoms with Crippen molar-refractivity contribution in [2.24, 2.45) is 0 Å². The van der Waals surface area contributed by atoms with Gasteiger partial charge in [0.1, 0.15) is 5.82 Å². The van der Waals surface area contributed by atoms with Gasteiger partial charge < -0.3 is 14.6 Å². The maximum atomic E-state index is 14.5. The summed E-state index contributed by atoms with van der Waals surface area (Å²) < 4.78 is 20.3. The molecule has 1 fully saturated rings. The normalized spacial score (nSPS) is 13.3. The summed E-state index contributed by atoms with van der Waals surface area (Å²) in [6.45, 7) is 3.73. The van der Waals surface area contributed by atoms with Crippen molar-refractivity contribution in [2.45, 2.75) is 19.8 Å². The van der Waals surface area contributed by atoms with E-state index < -0.39 is 0 Å². The van der Waals surface area contributed by atoms with Gasteiger partial charge in [0, 0.05) is 35.5 Å². The van der Waals surface area contributed by atoms with E-state index in [1.54, 1.807) is 36.4 Å². The number of nitrogens with zero attached hydrogens (tertiary/aromatic N) is 3. The Hall–Kier alpha value is -4.00. The van der Waals surface area contributed by atoms with Crippen LogP contribution in [-0.4, -0.2) is 29.2 Å². The lowest BCUT2D eigenvalue weighted by atomic mass is 10.1. The minimum atomic E-state index is -0.328. The average molecular weight is 442 g/mol. The Bertz CT molecular complexity index is 1290. The second kappa shape index (κ2) is 8.86. The molecule has 2 heterocycles. The number of nitrogens with one attached hydrogen (secondary N) is 1. The average Bonchev–Trinajstić information content (AvgIpc) is 3.52. The standard InChI is InChI=1S/C26H23FN4O2/c1-17-5-4-6-20(15-17)26-30-29-25(33-26)19-9-7-18(8-10-19)24(32)28-21-11-12-23(22(27)16-21)31-13-2-3-14-31/h4-12,15-16H,2-3,13-14H2,1H3,(H,28,32). The number of anilines is 2. The first-order valence-electron chi connectivity index (χ1n) is 10.9. The topological polar surface area (TPSA) is 71.3 Å². The predicted octanol–water partition coefficient (Wildman–Crippen LogP) is 5.70. The van der Waals surface area contributed by atoms with Crippen molar-refractivity contribution >= 4 is 17.3 Å². The first kappa shape index (κ1) is 20.9. The van der Waals surface area contributed by atoms with E-state index in [0.717, 1.165) is 37.1 Å². The Labute approximate surface area is 191 Å². The molecule has 1 N–H and O–H groups in total. The maximum absolute atomic E-state index is 14.5. The molecule has 0 aliphatic carbocycles. The molecule has 0 bridgehead atoms. The number of amides is 1. The lowest BCUT2D eigenvalue weighted by molar-refractivity contribution is 0.102. The van der Waals surface area contributed by atoms with E-state index >= 15 is 0 Å². The summed E-state index contributed by atoms with van der Waals surface area (Å²) in [5.41, 5.74) is 4.12. The summed E-state index contributed by atoms with van der Waals surface area (Å²) >= 11 is 0. The Morgan fingerprint density at radius 3 is 2.36 bits per heavy atom. The molecule has 0 spiro atoms. The molecule has 1 aliphatic heterocycles. The van der Waals surface area contributed by atoms with E-state index in [9.17, 15) is 9.18 Å². The molecule has 1 saturated heterocycles. The number of carbonyl (C=O) groups excluding carboxylic acids is 1. The highest BCUT2D eigenvalue weighted by atomic mass is 19.1. The fourth-order valence-electron chi connectivity index (χ4n) is 4.00. The number of hydrogen-bond acceptors (Lipinski definition) is 5. The van der Waals surface area contributed by atoms with Gasteiger partial charge in [-0.2, -0.15) is 0 Å². The van der Waals surface area contributed by atoms with Gasteiger partial charge in [0.15, 0.2) is 0 Å². The maximum Gasteiger partial charge on any atom is 0.255 e. The van der Waals surface area contributed by atoms with Crippen LogP contribution in [0.25, 0.3) is 22.9 Å². The Morgan fingerprint density at radius 1 is 0.939 bits per heavy atom. The Morgan fingerprint density at radius 2 is 1.67 bits per heavy atom. The summed E-state index contributed by atoms with van der Waals surface area (Å²) in [7, 11) is 0. The number of halogens is 1. The zero-order chi connectivity index (χ0) is 22.8. The first-order valence-corrected chi connectivity index (χ1v) is 10.9. The SMILES string of the molecule is Cc1cccc(-c2nnc(-c3ccc(C(=O)Nc4ccc(N5CCCC5)c(F)c4)cc3)o2)c1. The Balaban J connectivity index is 1.28. The van der Waals surface area contributed by atoms with Gasteiger partial charge in [-0.1, -0.05) is 17.7 Å². The molecule has 3 aromatic carbocycles. The summed E-state index contributed by atoms with van der Waals surface area (Å²) in [6.07, 6.45) is 2.15. The van der Waals surface area contributed by atoms with Gasteiger partial charge in [0.2, 0.25) is 11.8 Å². The van der Waals surface area contributed by atoms with Gasteiger partial charge in [0.25, 0.3) is 5.91 Å². The highest BCUT2D eigenvalue weighted by Gasteiger charge is 2.17. The highest BCUT2D eigenvalue weighted by molar-refractivity contribution is 6.04. The number of aromatic nitrogens is 2. The van der Waals surface area contributed by atoms with E-state index in [1.807, 2.05) is 36.1 Å². The van der Waals surface area contributed by atoms with E-state index in [2.05, 4.69) is 15.5 Å². The van der Waals surface area contributed by atoms with Gasteiger partial charge >= 0.3 is 0 Å². The predicted molar refractivity (Wildman–Crippen MR) is 126 cm³/mol. The van der Waals surface area contributed by atoms with Crippen molar-refractivity contribution in [1.82, 2.24) is 10.2 Å². The molecule has 0 unspecified atom stereocenters. The fraction of sp³-hybridized carbons (Fsp3) is 0.192. The Kier molecular flexibility index (Phi) is 5.60. The van der Waals surface area contributed by atoms with E-state index in [0.29, 0.717) is 34.3 Å². The lowest BCUT2D eigenvalue weighted by Crippen LogP contribution is -2.19. The highest BCUT2D eigenvalue weighted by Crippen LogP contribution is 2.27. The van der Waals surface area contributed by atoms with Crippen LogP contribution in [0.1, 0.15) is 28.8 Å². The molecule has 1 aliphatic rings. The third-order valence-corrected chi connectivity index (χ3v) is 5.74. The molecular formula is C26H23FN4O2. The van der Waals surface area contributed by atoms with Gasteiger partial charge in [-0.15, -0.1) is 10.2 Å². The van der Waals surface area contributed by atoms with E-state index in [4.69, 9.17) is 4.42 Å². The van der Waals surface area contributed by atoms with Crippen molar-refractivity contribution in [3.63, 3.8) is 0 Å². The summed E-state index contributed by atoms with van der Waals surface area (Å²) in [5.74, 6) is 0.166. The zero-order valence-electron chi connectivity index (χ0n) is 18.2. The van der Waals surface area contributed by atoms with Gasteiger partial charge in [-0.05, 0) is 74.4 Å². The van der Waals surface area contributed by atoms with Crippen LogP contribution >= 0.6 is 0 Å². The van der Waals surface area contributed by atoms with Crippen molar-refractivity contribution < 1.29 is 13.6 Å². The van der Waals surface area contributed by atoms with Crippen LogP contribution in [0, 0.1) is 12.7 Å². The molecule has 7 heteroatoms. The van der Waals surface area contributed by atoms with Gasteiger partial charge in [-0.3, -0.25) is 4.79 Å². The van der Waals surface area contributed by atoms with Crippen molar-refractivity contribution in [1.29, 1.82) is 0 Å². The van der Waals surface area contributed by atoms with Crippen LogP contribution in [0.15, 0.2) is 71.1 Å². The second-order valence-electron chi connectivity index (χ2n) is 8.17. The van der Waals surface area contributed by atoms with Crippen molar-refractivity contribution in [3.8, 4) is 22.9 Å². The van der Waals surface area contributed by atoms with Crippen LogP contribution in [-0.2, 0) is 0 Å². The van der Waals surface area contributed by atoms with Crippen LogP contribution in [0.5, 0.6) is 0 Å². The third kappa shape index (κ3) is 4.48. The summed E-state index contributed by atoms with van der Waals surface area (Å²) in [5, 5.41) is 11.0. The molecule has 0 saturated carbocycles.